The van der Waals surface area contributed by atoms with Gasteiger partial charge in [0.05, 0.1) is 5.92 Å². The second-order valence-corrected chi connectivity index (χ2v) is 3.23. The molecule has 14 heavy (non-hydrogen) atoms. The highest BCUT2D eigenvalue weighted by molar-refractivity contribution is 5.79. The van der Waals surface area contributed by atoms with Crippen molar-refractivity contribution in [3.05, 3.63) is 48.6 Å². The molecular weight excluding hydrogens is 174 g/mol. The lowest BCUT2D eigenvalue weighted by Gasteiger charge is -2.07. The van der Waals surface area contributed by atoms with E-state index >= 15 is 0 Å². The summed E-state index contributed by atoms with van der Waals surface area (Å²) >= 11 is 0. The predicted molar refractivity (Wildman–Crippen MR) is 57.6 cm³/mol. The Hall–Kier alpha value is -1.57. The zero-order valence-corrected chi connectivity index (χ0v) is 8.36. The van der Waals surface area contributed by atoms with E-state index in [4.69, 9.17) is 0 Å². The van der Waals surface area contributed by atoms with Crippen molar-refractivity contribution in [2.24, 2.45) is 5.92 Å². The van der Waals surface area contributed by atoms with Gasteiger partial charge >= 0.3 is 0 Å². The summed E-state index contributed by atoms with van der Waals surface area (Å²) in [5.74, 6) is -0.109. The van der Waals surface area contributed by atoms with Gasteiger partial charge in [-0.2, -0.15) is 0 Å². The van der Waals surface area contributed by atoms with Crippen molar-refractivity contribution in [3.8, 4) is 0 Å². The van der Waals surface area contributed by atoms with Crippen LogP contribution in [0.25, 0.3) is 0 Å². The van der Waals surface area contributed by atoms with Crippen LogP contribution in [-0.2, 0) is 11.3 Å². The maximum atomic E-state index is 11.4. The SMILES string of the molecule is C=CC(C)C(=O)NCc1ccccc1. The minimum Gasteiger partial charge on any atom is -0.352 e. The summed E-state index contributed by atoms with van der Waals surface area (Å²) in [5, 5.41) is 2.84. The third-order valence-corrected chi connectivity index (χ3v) is 2.08. The largest absolute Gasteiger partial charge is 0.352 e. The maximum Gasteiger partial charge on any atom is 0.226 e. The fraction of sp³-hybridized carbons (Fsp3) is 0.250. The smallest absolute Gasteiger partial charge is 0.226 e. The minimum absolute atomic E-state index is 0.0175. The lowest BCUT2D eigenvalue weighted by Crippen LogP contribution is -2.27. The first-order chi connectivity index (χ1) is 6.74. The van der Waals surface area contributed by atoms with Crippen LogP contribution in [0.15, 0.2) is 43.0 Å². The quantitative estimate of drug-likeness (QED) is 0.722. The molecule has 0 radical (unpaired) electrons. The Morgan fingerprint density at radius 2 is 2.14 bits per heavy atom. The Balaban J connectivity index is 2.42. The molecule has 1 unspecified atom stereocenters. The van der Waals surface area contributed by atoms with Gasteiger partial charge in [0.2, 0.25) is 5.91 Å². The van der Waals surface area contributed by atoms with Crippen LogP contribution in [0.5, 0.6) is 0 Å². The molecule has 1 N–H and O–H groups in total. The van der Waals surface area contributed by atoms with E-state index in [1.54, 1.807) is 6.08 Å². The maximum absolute atomic E-state index is 11.4. The molecule has 0 bridgehead atoms. The second-order valence-electron chi connectivity index (χ2n) is 3.23. The van der Waals surface area contributed by atoms with Gasteiger partial charge in [0.15, 0.2) is 0 Å². The van der Waals surface area contributed by atoms with Crippen LogP contribution in [0.3, 0.4) is 0 Å². The lowest BCUT2D eigenvalue weighted by atomic mass is 10.1. The molecule has 2 heteroatoms. The zero-order valence-electron chi connectivity index (χ0n) is 8.36. The van der Waals surface area contributed by atoms with Crippen LogP contribution < -0.4 is 5.32 Å². The van der Waals surface area contributed by atoms with Crippen molar-refractivity contribution in [3.63, 3.8) is 0 Å². The highest BCUT2D eigenvalue weighted by Crippen LogP contribution is 1.99. The van der Waals surface area contributed by atoms with Gasteiger partial charge in [0.1, 0.15) is 0 Å². The van der Waals surface area contributed by atoms with E-state index in [1.807, 2.05) is 37.3 Å². The summed E-state index contributed by atoms with van der Waals surface area (Å²) in [6, 6.07) is 9.84. The van der Waals surface area contributed by atoms with E-state index in [9.17, 15) is 4.79 Å². The standard InChI is InChI=1S/C12H15NO/c1-3-10(2)12(14)13-9-11-7-5-4-6-8-11/h3-8,10H,1,9H2,2H3,(H,13,14). The summed E-state index contributed by atoms with van der Waals surface area (Å²) in [6.07, 6.45) is 1.64. The molecular formula is C12H15NO. The van der Waals surface area contributed by atoms with Gasteiger partial charge in [-0.25, -0.2) is 0 Å². The molecule has 1 aromatic carbocycles. The van der Waals surface area contributed by atoms with Crippen LogP contribution in [-0.4, -0.2) is 5.91 Å². The first kappa shape index (κ1) is 10.5. The third-order valence-electron chi connectivity index (χ3n) is 2.08. The molecule has 0 saturated heterocycles. The number of carbonyl (C=O) groups excluding carboxylic acids is 1. The minimum atomic E-state index is -0.126. The molecule has 0 aliphatic carbocycles. The fourth-order valence-corrected chi connectivity index (χ4v) is 1.05. The topological polar surface area (TPSA) is 29.1 Å². The monoisotopic (exact) mass is 189 g/mol. The molecule has 0 saturated carbocycles. The number of hydrogen-bond donors (Lipinski definition) is 1. The van der Waals surface area contributed by atoms with E-state index in [0.717, 1.165) is 5.56 Å². The highest BCUT2D eigenvalue weighted by Gasteiger charge is 2.06. The van der Waals surface area contributed by atoms with Crippen LogP contribution in [0.2, 0.25) is 0 Å². The van der Waals surface area contributed by atoms with E-state index in [-0.39, 0.29) is 11.8 Å². The van der Waals surface area contributed by atoms with Gasteiger partial charge in [0, 0.05) is 6.54 Å². The van der Waals surface area contributed by atoms with Gasteiger partial charge in [-0.15, -0.1) is 6.58 Å². The second kappa shape index (κ2) is 5.22. The van der Waals surface area contributed by atoms with E-state index in [1.165, 1.54) is 0 Å². The molecule has 0 aliphatic heterocycles. The molecule has 74 valence electrons. The first-order valence-corrected chi connectivity index (χ1v) is 4.68. The Kier molecular flexibility index (Phi) is 3.92. The van der Waals surface area contributed by atoms with Crippen LogP contribution >= 0.6 is 0 Å². The van der Waals surface area contributed by atoms with Crippen molar-refractivity contribution < 1.29 is 4.79 Å². The van der Waals surface area contributed by atoms with E-state index in [0.29, 0.717) is 6.54 Å². The van der Waals surface area contributed by atoms with Gasteiger partial charge in [-0.05, 0) is 5.56 Å². The van der Waals surface area contributed by atoms with Gasteiger partial charge in [0.25, 0.3) is 0 Å². The predicted octanol–water partition coefficient (Wildman–Crippen LogP) is 2.12. The van der Waals surface area contributed by atoms with Crippen LogP contribution in [0.4, 0.5) is 0 Å². The molecule has 2 nitrogen and oxygen atoms in total. The molecule has 0 heterocycles. The summed E-state index contributed by atoms with van der Waals surface area (Å²) in [6.45, 7) is 5.98. The molecule has 1 amide bonds. The van der Waals surface area contributed by atoms with Crippen LogP contribution in [0.1, 0.15) is 12.5 Å². The van der Waals surface area contributed by atoms with Gasteiger partial charge in [-0.1, -0.05) is 43.3 Å². The molecule has 1 rings (SSSR count). The van der Waals surface area contributed by atoms with Crippen molar-refractivity contribution >= 4 is 5.91 Å². The Labute approximate surface area is 84.6 Å². The Bertz CT molecular complexity index is 305. The average Bonchev–Trinajstić information content (AvgIpc) is 2.26. The van der Waals surface area contributed by atoms with Crippen molar-refractivity contribution in [1.29, 1.82) is 0 Å². The van der Waals surface area contributed by atoms with Gasteiger partial charge in [-0.3, -0.25) is 4.79 Å². The number of carbonyl (C=O) groups is 1. The average molecular weight is 189 g/mol. The first-order valence-electron chi connectivity index (χ1n) is 4.68. The normalized spacial score (nSPS) is 11.8. The third kappa shape index (κ3) is 3.05. The van der Waals surface area contributed by atoms with Gasteiger partial charge < -0.3 is 5.32 Å². The van der Waals surface area contributed by atoms with E-state index in [2.05, 4.69) is 11.9 Å². The molecule has 1 atom stereocenters. The lowest BCUT2D eigenvalue weighted by molar-refractivity contribution is -0.123. The molecule has 0 aromatic heterocycles. The number of rotatable bonds is 4. The number of amides is 1. The summed E-state index contributed by atoms with van der Waals surface area (Å²) < 4.78 is 0. The van der Waals surface area contributed by atoms with E-state index < -0.39 is 0 Å². The summed E-state index contributed by atoms with van der Waals surface area (Å²) in [5.41, 5.74) is 1.11. The molecule has 0 fully saturated rings. The Morgan fingerprint density at radius 3 is 2.71 bits per heavy atom. The fourth-order valence-electron chi connectivity index (χ4n) is 1.05. The summed E-state index contributed by atoms with van der Waals surface area (Å²) in [4.78, 5) is 11.4. The molecule has 1 aromatic rings. The summed E-state index contributed by atoms with van der Waals surface area (Å²) in [7, 11) is 0. The Morgan fingerprint density at radius 1 is 1.50 bits per heavy atom. The van der Waals surface area contributed by atoms with Crippen LogP contribution in [0, 0.1) is 5.92 Å². The molecule has 0 aliphatic rings. The number of hydrogen-bond acceptors (Lipinski definition) is 1. The van der Waals surface area contributed by atoms with Crippen molar-refractivity contribution in [1.82, 2.24) is 5.32 Å². The van der Waals surface area contributed by atoms with Crippen molar-refractivity contribution in [2.75, 3.05) is 0 Å². The van der Waals surface area contributed by atoms with Crippen molar-refractivity contribution in [2.45, 2.75) is 13.5 Å². The zero-order chi connectivity index (χ0) is 10.4. The number of nitrogens with one attached hydrogen (secondary N) is 1. The molecule has 0 spiro atoms. The highest BCUT2D eigenvalue weighted by atomic mass is 16.1. The number of benzene rings is 1.